The fraction of sp³-hybridized carbons (Fsp3) is 0.250. The summed E-state index contributed by atoms with van der Waals surface area (Å²) in [7, 11) is 0. The van der Waals surface area contributed by atoms with Crippen LogP contribution in [0.4, 0.5) is 10.2 Å². The van der Waals surface area contributed by atoms with Crippen LogP contribution in [-0.4, -0.2) is 51.8 Å². The summed E-state index contributed by atoms with van der Waals surface area (Å²) in [5.74, 6) is -0.0978. The quantitative estimate of drug-likeness (QED) is 0.730. The molecule has 0 atom stereocenters. The molecule has 28 heavy (non-hydrogen) atoms. The number of aromatic nitrogens is 3. The van der Waals surface area contributed by atoms with Gasteiger partial charge in [0.15, 0.2) is 0 Å². The minimum atomic E-state index is -0.463. The molecular weight excluding hydrogens is 359 g/mol. The lowest BCUT2D eigenvalue weighted by molar-refractivity contribution is 0.1000. The Morgan fingerprint density at radius 2 is 1.96 bits per heavy atom. The third-order valence-corrected chi connectivity index (χ3v) is 4.84. The molecule has 1 aromatic carbocycles. The number of halogens is 1. The van der Waals surface area contributed by atoms with Crippen molar-refractivity contribution in [1.29, 1.82) is 0 Å². The third-order valence-electron chi connectivity index (χ3n) is 4.84. The maximum absolute atomic E-state index is 13.4. The zero-order chi connectivity index (χ0) is 19.5. The molecule has 0 radical (unpaired) electrons. The molecule has 2 aromatic heterocycles. The summed E-state index contributed by atoms with van der Waals surface area (Å²) < 4.78 is 15.1. The van der Waals surface area contributed by atoms with Crippen molar-refractivity contribution in [3.8, 4) is 5.69 Å². The molecule has 0 aliphatic carbocycles. The molecule has 0 bridgehead atoms. The Balaban J connectivity index is 1.38. The molecular formula is C20H21FN6O. The summed E-state index contributed by atoms with van der Waals surface area (Å²) in [6.45, 7) is 3.94. The molecule has 2 N–H and O–H groups in total. The number of rotatable bonds is 5. The fourth-order valence-electron chi connectivity index (χ4n) is 3.42. The van der Waals surface area contributed by atoms with Gasteiger partial charge in [-0.2, -0.15) is 5.10 Å². The molecule has 144 valence electrons. The van der Waals surface area contributed by atoms with Crippen LogP contribution in [-0.2, 0) is 6.54 Å². The molecule has 7 nitrogen and oxygen atoms in total. The van der Waals surface area contributed by atoms with E-state index in [2.05, 4.69) is 19.9 Å². The zero-order valence-electron chi connectivity index (χ0n) is 15.3. The number of piperazine rings is 1. The van der Waals surface area contributed by atoms with Crippen molar-refractivity contribution in [2.24, 2.45) is 5.73 Å². The van der Waals surface area contributed by atoms with E-state index in [1.54, 1.807) is 35.3 Å². The molecule has 1 amide bonds. The predicted octanol–water partition coefficient (Wildman–Crippen LogP) is 1.83. The standard InChI is InChI=1S/C20H21FN6O/c21-16-3-1-4-17(11-16)27-14-15(12-24-27)13-25-7-9-26(10-8-25)20-18(19(22)28)5-2-6-23-20/h1-6,11-12,14H,7-10,13H2,(H2,22,28). The maximum atomic E-state index is 13.4. The highest BCUT2D eigenvalue weighted by molar-refractivity contribution is 5.97. The molecule has 1 saturated heterocycles. The van der Waals surface area contributed by atoms with Gasteiger partial charge in [0, 0.05) is 50.7 Å². The van der Waals surface area contributed by atoms with Crippen LogP contribution in [0.15, 0.2) is 55.0 Å². The number of nitrogens with two attached hydrogens (primary N) is 1. The summed E-state index contributed by atoms with van der Waals surface area (Å²) in [5.41, 5.74) is 7.68. The first-order valence-electron chi connectivity index (χ1n) is 9.12. The first-order chi connectivity index (χ1) is 13.6. The van der Waals surface area contributed by atoms with Gasteiger partial charge in [-0.25, -0.2) is 14.1 Å². The molecule has 8 heteroatoms. The minimum Gasteiger partial charge on any atom is -0.365 e. The lowest BCUT2D eigenvalue weighted by Gasteiger charge is -2.35. The first-order valence-corrected chi connectivity index (χ1v) is 9.12. The normalized spacial score (nSPS) is 15.0. The predicted molar refractivity (Wildman–Crippen MR) is 104 cm³/mol. The molecule has 1 aliphatic rings. The first kappa shape index (κ1) is 18.1. The van der Waals surface area contributed by atoms with E-state index in [0.717, 1.165) is 38.3 Å². The Morgan fingerprint density at radius 1 is 1.14 bits per heavy atom. The molecule has 4 rings (SSSR count). The van der Waals surface area contributed by atoms with E-state index >= 15 is 0 Å². The second kappa shape index (κ2) is 7.77. The number of hydrogen-bond donors (Lipinski definition) is 1. The number of primary amides is 1. The van der Waals surface area contributed by atoms with E-state index in [-0.39, 0.29) is 5.82 Å². The summed E-state index contributed by atoms with van der Waals surface area (Å²) in [4.78, 5) is 20.4. The minimum absolute atomic E-state index is 0.282. The Bertz CT molecular complexity index is 980. The van der Waals surface area contributed by atoms with Gasteiger partial charge >= 0.3 is 0 Å². The summed E-state index contributed by atoms with van der Waals surface area (Å²) in [6.07, 6.45) is 5.40. The van der Waals surface area contributed by atoms with Crippen molar-refractivity contribution < 1.29 is 9.18 Å². The molecule has 3 aromatic rings. The van der Waals surface area contributed by atoms with Crippen LogP contribution < -0.4 is 10.6 Å². The summed E-state index contributed by atoms with van der Waals surface area (Å²) >= 11 is 0. The monoisotopic (exact) mass is 380 g/mol. The third kappa shape index (κ3) is 3.86. The average molecular weight is 380 g/mol. The maximum Gasteiger partial charge on any atom is 0.252 e. The van der Waals surface area contributed by atoms with Crippen molar-refractivity contribution in [2.45, 2.75) is 6.54 Å². The number of anilines is 1. The molecule has 1 fully saturated rings. The number of nitrogens with zero attached hydrogens (tertiary/aromatic N) is 5. The zero-order valence-corrected chi connectivity index (χ0v) is 15.3. The second-order valence-electron chi connectivity index (χ2n) is 6.78. The average Bonchev–Trinajstić information content (AvgIpc) is 3.17. The van der Waals surface area contributed by atoms with E-state index in [0.29, 0.717) is 17.1 Å². The number of amides is 1. The molecule has 0 spiro atoms. The van der Waals surface area contributed by atoms with Crippen molar-refractivity contribution in [2.75, 3.05) is 31.1 Å². The topological polar surface area (TPSA) is 80.3 Å². The van der Waals surface area contributed by atoms with E-state index in [9.17, 15) is 9.18 Å². The van der Waals surface area contributed by atoms with Gasteiger partial charge in [0.05, 0.1) is 17.4 Å². The van der Waals surface area contributed by atoms with E-state index in [1.807, 2.05) is 12.3 Å². The SMILES string of the molecule is NC(=O)c1cccnc1N1CCN(Cc2cnn(-c3cccc(F)c3)c2)CC1. The lowest BCUT2D eigenvalue weighted by atomic mass is 10.2. The van der Waals surface area contributed by atoms with Crippen LogP contribution >= 0.6 is 0 Å². The fourth-order valence-corrected chi connectivity index (χ4v) is 3.42. The van der Waals surface area contributed by atoms with Gasteiger partial charge in [-0.3, -0.25) is 9.69 Å². The number of pyridine rings is 1. The summed E-state index contributed by atoms with van der Waals surface area (Å²) in [5, 5.41) is 4.34. The van der Waals surface area contributed by atoms with Gasteiger partial charge in [-0.05, 0) is 30.3 Å². The van der Waals surface area contributed by atoms with Gasteiger partial charge in [-0.1, -0.05) is 6.07 Å². The largest absolute Gasteiger partial charge is 0.365 e. The summed E-state index contributed by atoms with van der Waals surface area (Å²) in [6, 6.07) is 9.79. The Morgan fingerprint density at radius 3 is 2.71 bits per heavy atom. The number of carbonyl (C=O) groups is 1. The molecule has 0 saturated carbocycles. The van der Waals surface area contributed by atoms with Crippen molar-refractivity contribution in [3.63, 3.8) is 0 Å². The molecule has 0 unspecified atom stereocenters. The smallest absolute Gasteiger partial charge is 0.252 e. The Kier molecular flexibility index (Phi) is 5.03. The Labute approximate surface area is 162 Å². The van der Waals surface area contributed by atoms with Crippen LogP contribution in [0.5, 0.6) is 0 Å². The number of carbonyl (C=O) groups excluding carboxylic acids is 1. The lowest BCUT2D eigenvalue weighted by Crippen LogP contribution is -2.46. The van der Waals surface area contributed by atoms with Crippen LogP contribution in [0.3, 0.4) is 0 Å². The highest BCUT2D eigenvalue weighted by atomic mass is 19.1. The van der Waals surface area contributed by atoms with Crippen LogP contribution in [0.1, 0.15) is 15.9 Å². The van der Waals surface area contributed by atoms with Gasteiger partial charge in [0.1, 0.15) is 11.6 Å². The highest BCUT2D eigenvalue weighted by Crippen LogP contribution is 2.19. The van der Waals surface area contributed by atoms with E-state index in [1.165, 1.54) is 12.1 Å². The van der Waals surface area contributed by atoms with E-state index in [4.69, 9.17) is 5.73 Å². The van der Waals surface area contributed by atoms with Gasteiger partial charge in [0.2, 0.25) is 0 Å². The second-order valence-corrected chi connectivity index (χ2v) is 6.78. The Hall–Kier alpha value is -3.26. The van der Waals surface area contributed by atoms with Crippen LogP contribution in [0.25, 0.3) is 5.69 Å². The van der Waals surface area contributed by atoms with E-state index < -0.39 is 5.91 Å². The molecule has 1 aliphatic heterocycles. The van der Waals surface area contributed by atoms with Gasteiger partial charge in [-0.15, -0.1) is 0 Å². The van der Waals surface area contributed by atoms with Crippen molar-refractivity contribution >= 4 is 11.7 Å². The highest BCUT2D eigenvalue weighted by Gasteiger charge is 2.22. The van der Waals surface area contributed by atoms with Crippen LogP contribution in [0, 0.1) is 5.82 Å². The number of benzene rings is 1. The van der Waals surface area contributed by atoms with Gasteiger partial charge < -0.3 is 10.6 Å². The van der Waals surface area contributed by atoms with Crippen molar-refractivity contribution in [1.82, 2.24) is 19.7 Å². The molecule has 3 heterocycles. The van der Waals surface area contributed by atoms with Crippen molar-refractivity contribution in [3.05, 3.63) is 71.9 Å². The number of hydrogen-bond acceptors (Lipinski definition) is 5. The van der Waals surface area contributed by atoms with Crippen LogP contribution in [0.2, 0.25) is 0 Å². The van der Waals surface area contributed by atoms with Gasteiger partial charge in [0.25, 0.3) is 5.91 Å².